The molecule has 0 atom stereocenters. The number of quaternary nitrogens is 1. The van der Waals surface area contributed by atoms with E-state index in [1.165, 1.54) is 23.0 Å². The molecule has 1 fully saturated rings. The minimum Gasteiger partial charge on any atom is -0.469 e. The number of nitrogens with one attached hydrogen (secondary N) is 1. The molecule has 2 aromatic rings. The Labute approximate surface area is 141 Å². The highest BCUT2D eigenvalue weighted by Gasteiger charge is 2.28. The summed E-state index contributed by atoms with van der Waals surface area (Å²) in [5, 5.41) is 0. The van der Waals surface area contributed by atoms with Crippen LogP contribution < -0.4 is 4.90 Å². The number of aryl methyl sites for hydroxylation is 1. The Balaban J connectivity index is 1.79. The number of ether oxygens (including phenoxy) is 1. The fourth-order valence-corrected chi connectivity index (χ4v) is 3.93. The summed E-state index contributed by atoms with van der Waals surface area (Å²) in [6.45, 7) is 5.83. The summed E-state index contributed by atoms with van der Waals surface area (Å²) in [5.74, 6) is -0.00282. The number of hydrogen-bond acceptors (Lipinski definition) is 3. The second kappa shape index (κ2) is 6.84. The van der Waals surface area contributed by atoms with Crippen LogP contribution in [0, 0.1) is 10.7 Å². The fraction of sp³-hybridized carbons (Fsp3) is 0.529. The van der Waals surface area contributed by atoms with E-state index in [0.717, 1.165) is 43.9 Å². The molecule has 0 aliphatic carbocycles. The normalized spacial score (nSPS) is 21.5. The summed E-state index contributed by atoms with van der Waals surface area (Å²) in [7, 11) is 1.47. The molecule has 124 valence electrons. The first kappa shape index (κ1) is 16.2. The molecule has 0 radical (unpaired) electrons. The van der Waals surface area contributed by atoms with Crippen molar-refractivity contribution < 1.29 is 14.4 Å². The van der Waals surface area contributed by atoms with Crippen molar-refractivity contribution in [1.29, 1.82) is 0 Å². The van der Waals surface area contributed by atoms with E-state index >= 15 is 0 Å². The first-order valence-corrected chi connectivity index (χ1v) is 8.66. The van der Waals surface area contributed by atoms with Gasteiger partial charge >= 0.3 is 5.97 Å². The zero-order chi connectivity index (χ0) is 16.4. The van der Waals surface area contributed by atoms with Gasteiger partial charge in [0, 0.05) is 19.4 Å². The lowest BCUT2D eigenvalue weighted by Crippen LogP contribution is -3.12. The van der Waals surface area contributed by atoms with E-state index in [4.69, 9.17) is 17.0 Å². The average molecular weight is 334 g/mol. The van der Waals surface area contributed by atoms with Crippen LogP contribution in [0.25, 0.3) is 11.0 Å². The van der Waals surface area contributed by atoms with Gasteiger partial charge in [0.2, 0.25) is 0 Å². The summed E-state index contributed by atoms with van der Waals surface area (Å²) in [6.07, 6.45) is 1.78. The third kappa shape index (κ3) is 3.05. The number of likely N-dealkylation sites (tertiary alicyclic amines) is 1. The molecule has 0 bridgehead atoms. The smallest absolute Gasteiger partial charge is 0.309 e. The number of fused-ring (bicyclic) bond motifs is 1. The zero-order valence-electron chi connectivity index (χ0n) is 13.7. The number of imidazole rings is 1. The summed E-state index contributed by atoms with van der Waals surface area (Å²) in [6, 6.07) is 8.39. The van der Waals surface area contributed by atoms with Gasteiger partial charge < -0.3 is 14.2 Å². The Bertz CT molecular complexity index is 757. The number of carbonyl (C=O) groups is 1. The molecule has 2 heterocycles. The topological polar surface area (TPSA) is 40.6 Å². The van der Waals surface area contributed by atoms with Crippen LogP contribution in [0.2, 0.25) is 0 Å². The lowest BCUT2D eigenvalue weighted by molar-refractivity contribution is -0.928. The van der Waals surface area contributed by atoms with Crippen LogP contribution in [0.15, 0.2) is 24.3 Å². The van der Waals surface area contributed by atoms with E-state index in [1.807, 2.05) is 0 Å². The van der Waals surface area contributed by atoms with E-state index in [2.05, 4.69) is 40.3 Å². The molecule has 6 heteroatoms. The first-order valence-electron chi connectivity index (χ1n) is 8.25. The predicted octanol–water partition coefficient (Wildman–Crippen LogP) is 1.62. The van der Waals surface area contributed by atoms with Crippen LogP contribution in [-0.4, -0.2) is 35.3 Å². The standard InChI is InChI=1S/C17H23N3O2S/c1-3-19-14-6-4-5-7-15(14)20(17(19)23)12-18-10-8-13(9-11-18)16(21)22-2/h4-7,13H,3,8-12H2,1-2H3/p+1. The molecule has 0 saturated carbocycles. The van der Waals surface area contributed by atoms with Gasteiger partial charge in [-0.1, -0.05) is 12.1 Å². The van der Waals surface area contributed by atoms with Crippen molar-refractivity contribution in [1.82, 2.24) is 9.13 Å². The van der Waals surface area contributed by atoms with Crippen molar-refractivity contribution in [2.24, 2.45) is 5.92 Å². The molecular formula is C17H24N3O2S+. The van der Waals surface area contributed by atoms with Gasteiger partial charge in [0.25, 0.3) is 0 Å². The summed E-state index contributed by atoms with van der Waals surface area (Å²) in [5.41, 5.74) is 2.39. The van der Waals surface area contributed by atoms with Gasteiger partial charge in [-0.2, -0.15) is 0 Å². The van der Waals surface area contributed by atoms with Crippen LogP contribution in [-0.2, 0) is 22.7 Å². The summed E-state index contributed by atoms with van der Waals surface area (Å²) < 4.78 is 10.2. The molecule has 3 rings (SSSR count). The summed E-state index contributed by atoms with van der Waals surface area (Å²) >= 11 is 5.68. The van der Waals surface area contributed by atoms with Crippen molar-refractivity contribution in [2.45, 2.75) is 33.0 Å². The van der Waals surface area contributed by atoms with Crippen molar-refractivity contribution in [2.75, 3.05) is 20.2 Å². The second-order valence-corrected chi connectivity index (χ2v) is 6.51. The van der Waals surface area contributed by atoms with Gasteiger partial charge in [0.1, 0.15) is 0 Å². The number of rotatable bonds is 4. The highest BCUT2D eigenvalue weighted by atomic mass is 32.1. The number of hydrogen-bond donors (Lipinski definition) is 1. The van der Waals surface area contributed by atoms with Crippen LogP contribution in [0.3, 0.4) is 0 Å². The molecule has 5 nitrogen and oxygen atoms in total. The van der Waals surface area contributed by atoms with Crippen LogP contribution in [0.5, 0.6) is 0 Å². The Kier molecular flexibility index (Phi) is 4.82. The molecule has 23 heavy (non-hydrogen) atoms. The van der Waals surface area contributed by atoms with Crippen molar-refractivity contribution in [3.05, 3.63) is 29.0 Å². The lowest BCUT2D eigenvalue weighted by Gasteiger charge is -2.28. The van der Waals surface area contributed by atoms with Gasteiger partial charge in [-0.15, -0.1) is 0 Å². The van der Waals surface area contributed by atoms with Crippen molar-refractivity contribution in [3.8, 4) is 0 Å². The Morgan fingerprint density at radius 2 is 1.87 bits per heavy atom. The molecule has 1 aromatic heterocycles. The average Bonchev–Trinajstić information content (AvgIpc) is 2.86. The van der Waals surface area contributed by atoms with Crippen LogP contribution in [0.4, 0.5) is 0 Å². The molecule has 0 spiro atoms. The maximum Gasteiger partial charge on any atom is 0.309 e. The molecule has 1 aliphatic heterocycles. The third-order valence-corrected chi connectivity index (χ3v) is 5.29. The Morgan fingerprint density at radius 3 is 2.43 bits per heavy atom. The minimum absolute atomic E-state index is 0.0636. The second-order valence-electron chi connectivity index (χ2n) is 6.15. The maximum absolute atomic E-state index is 11.6. The highest BCUT2D eigenvalue weighted by Crippen LogP contribution is 2.17. The Hall–Kier alpha value is -1.66. The molecule has 0 unspecified atom stereocenters. The predicted molar refractivity (Wildman–Crippen MR) is 91.9 cm³/mol. The van der Waals surface area contributed by atoms with Crippen LogP contribution >= 0.6 is 12.2 Å². The molecule has 1 saturated heterocycles. The quantitative estimate of drug-likeness (QED) is 0.682. The van der Waals surface area contributed by atoms with Gasteiger partial charge in [-0.3, -0.25) is 9.36 Å². The van der Waals surface area contributed by atoms with Gasteiger partial charge in [0.05, 0.1) is 37.2 Å². The first-order chi connectivity index (χ1) is 11.2. The minimum atomic E-state index is -0.0664. The van der Waals surface area contributed by atoms with Crippen molar-refractivity contribution in [3.63, 3.8) is 0 Å². The molecule has 1 N–H and O–H groups in total. The number of para-hydroxylation sites is 2. The molecular weight excluding hydrogens is 310 g/mol. The van der Waals surface area contributed by atoms with E-state index in [1.54, 1.807) is 0 Å². The monoisotopic (exact) mass is 334 g/mol. The van der Waals surface area contributed by atoms with Crippen molar-refractivity contribution >= 4 is 29.2 Å². The van der Waals surface area contributed by atoms with E-state index in [-0.39, 0.29) is 11.9 Å². The van der Waals surface area contributed by atoms with E-state index in [0.29, 0.717) is 0 Å². The Morgan fingerprint density at radius 1 is 1.26 bits per heavy atom. The highest BCUT2D eigenvalue weighted by molar-refractivity contribution is 7.71. The third-order valence-electron chi connectivity index (χ3n) is 4.85. The number of aromatic nitrogens is 2. The van der Waals surface area contributed by atoms with Gasteiger partial charge in [0.15, 0.2) is 11.4 Å². The fourth-order valence-electron chi connectivity index (χ4n) is 3.54. The lowest BCUT2D eigenvalue weighted by atomic mass is 9.97. The molecule has 0 amide bonds. The van der Waals surface area contributed by atoms with Crippen LogP contribution in [0.1, 0.15) is 19.8 Å². The molecule has 1 aromatic carbocycles. The van der Waals surface area contributed by atoms with Gasteiger partial charge in [-0.25, -0.2) is 0 Å². The number of nitrogens with zero attached hydrogens (tertiary/aromatic N) is 2. The number of benzene rings is 1. The maximum atomic E-state index is 11.6. The van der Waals surface area contributed by atoms with Gasteiger partial charge in [-0.05, 0) is 31.3 Å². The molecule has 1 aliphatic rings. The zero-order valence-corrected chi connectivity index (χ0v) is 14.6. The van der Waals surface area contributed by atoms with E-state index < -0.39 is 0 Å². The number of piperidine rings is 1. The largest absolute Gasteiger partial charge is 0.469 e. The number of carbonyl (C=O) groups excluding carboxylic acids is 1. The number of methoxy groups -OCH3 is 1. The number of esters is 1. The van der Waals surface area contributed by atoms with E-state index in [9.17, 15) is 4.79 Å². The SMILES string of the molecule is CCn1c(=S)n(C[NH+]2CCC(C(=O)OC)CC2)c2ccccc21. The summed E-state index contributed by atoms with van der Waals surface area (Å²) in [4.78, 5) is 13.1.